The van der Waals surface area contributed by atoms with Crippen LogP contribution in [0, 0.1) is 5.41 Å². The van der Waals surface area contributed by atoms with Crippen LogP contribution in [0.25, 0.3) is 0 Å². The van der Waals surface area contributed by atoms with E-state index in [0.29, 0.717) is 18.5 Å². The van der Waals surface area contributed by atoms with E-state index < -0.39 is 11.4 Å². The minimum Gasteiger partial charge on any atom is -0.478 e. The minimum absolute atomic E-state index is 0.0811. The predicted octanol–water partition coefficient (Wildman–Crippen LogP) is 1.02. The lowest BCUT2D eigenvalue weighted by Gasteiger charge is -2.15. The topological polar surface area (TPSA) is 122 Å². The van der Waals surface area contributed by atoms with Gasteiger partial charge in [0.1, 0.15) is 0 Å². The molecule has 0 saturated heterocycles. The lowest BCUT2D eigenvalue weighted by molar-refractivity contribution is -0.120. The number of carbonyl (C=O) groups is 3. The number of amides is 2. The molecule has 0 radical (unpaired) electrons. The molecule has 0 bridgehead atoms. The van der Waals surface area contributed by atoms with Gasteiger partial charge in [0.05, 0.1) is 16.7 Å². The number of anilines is 2. The van der Waals surface area contributed by atoms with Gasteiger partial charge in [0.2, 0.25) is 11.8 Å². The smallest absolute Gasteiger partial charge is 0.337 e. The maximum atomic E-state index is 12.1. The molecule has 0 aliphatic heterocycles. The van der Waals surface area contributed by atoms with Crippen molar-refractivity contribution in [3.05, 3.63) is 23.8 Å². The number of nitrogens with one attached hydrogen (secondary N) is 2. The summed E-state index contributed by atoms with van der Waals surface area (Å²) in [7, 11) is 0. The number of hydrogen-bond donors (Lipinski definition) is 4. The summed E-state index contributed by atoms with van der Waals surface area (Å²) in [6, 6.07) is 4.30. The van der Waals surface area contributed by atoms with Gasteiger partial charge in [-0.1, -0.05) is 0 Å². The molecule has 5 N–H and O–H groups in total. The normalized spacial score (nSPS) is 15.1. The molecule has 1 aliphatic carbocycles. The van der Waals surface area contributed by atoms with Gasteiger partial charge in [-0.15, -0.1) is 0 Å². The van der Waals surface area contributed by atoms with E-state index in [2.05, 4.69) is 10.6 Å². The quantitative estimate of drug-likeness (QED) is 0.645. The number of hydrogen-bond acceptors (Lipinski definition) is 4. The SMILES string of the molecule is CC(=O)Nc1ccc(NC(=O)C2(CN)CC2)c(C(=O)O)c1. The summed E-state index contributed by atoms with van der Waals surface area (Å²) in [6.07, 6.45) is 1.42. The number of benzene rings is 1. The lowest BCUT2D eigenvalue weighted by Crippen LogP contribution is -2.31. The first-order valence-electron chi connectivity index (χ1n) is 6.54. The van der Waals surface area contributed by atoms with Crippen molar-refractivity contribution in [2.45, 2.75) is 19.8 Å². The minimum atomic E-state index is -1.19. The highest BCUT2D eigenvalue weighted by molar-refractivity contribution is 6.04. The molecule has 2 rings (SSSR count). The maximum Gasteiger partial charge on any atom is 0.337 e. The van der Waals surface area contributed by atoms with E-state index in [-0.39, 0.29) is 29.6 Å². The Kier molecular flexibility index (Phi) is 3.95. The fourth-order valence-corrected chi connectivity index (χ4v) is 2.04. The average molecular weight is 291 g/mol. The standard InChI is InChI=1S/C14H17N3O4/c1-8(18)16-9-2-3-11(10(6-9)12(19)20)17-13(21)14(7-15)4-5-14/h2-3,6H,4-5,7,15H2,1H3,(H,16,18)(H,17,21)(H,19,20). The monoisotopic (exact) mass is 291 g/mol. The first kappa shape index (κ1) is 15.0. The zero-order valence-electron chi connectivity index (χ0n) is 11.6. The van der Waals surface area contributed by atoms with Gasteiger partial charge in [-0.2, -0.15) is 0 Å². The fraction of sp³-hybridized carbons (Fsp3) is 0.357. The molecular weight excluding hydrogens is 274 g/mol. The number of rotatable bonds is 5. The van der Waals surface area contributed by atoms with Crippen LogP contribution in [0.15, 0.2) is 18.2 Å². The largest absolute Gasteiger partial charge is 0.478 e. The van der Waals surface area contributed by atoms with Gasteiger partial charge in [0.15, 0.2) is 0 Å². The molecule has 2 amide bonds. The van der Waals surface area contributed by atoms with Crippen molar-refractivity contribution in [3.63, 3.8) is 0 Å². The first-order valence-corrected chi connectivity index (χ1v) is 6.54. The summed E-state index contributed by atoms with van der Waals surface area (Å²) >= 11 is 0. The molecule has 0 heterocycles. The number of carbonyl (C=O) groups excluding carboxylic acids is 2. The van der Waals surface area contributed by atoms with E-state index in [1.165, 1.54) is 25.1 Å². The molecule has 0 atom stereocenters. The second-order valence-electron chi connectivity index (χ2n) is 5.19. The summed E-state index contributed by atoms with van der Waals surface area (Å²) in [6.45, 7) is 1.57. The molecule has 21 heavy (non-hydrogen) atoms. The van der Waals surface area contributed by atoms with Gasteiger partial charge in [0, 0.05) is 19.2 Å². The summed E-state index contributed by atoms with van der Waals surface area (Å²) in [4.78, 5) is 34.4. The van der Waals surface area contributed by atoms with Crippen LogP contribution in [0.3, 0.4) is 0 Å². The Balaban J connectivity index is 2.24. The predicted molar refractivity (Wildman–Crippen MR) is 77.1 cm³/mol. The molecule has 0 spiro atoms. The molecule has 1 fully saturated rings. The Morgan fingerprint density at radius 1 is 1.29 bits per heavy atom. The highest BCUT2D eigenvalue weighted by Gasteiger charge is 2.48. The van der Waals surface area contributed by atoms with Gasteiger partial charge < -0.3 is 21.5 Å². The van der Waals surface area contributed by atoms with E-state index >= 15 is 0 Å². The highest BCUT2D eigenvalue weighted by atomic mass is 16.4. The Bertz CT molecular complexity index is 608. The van der Waals surface area contributed by atoms with Crippen molar-refractivity contribution in [1.29, 1.82) is 0 Å². The van der Waals surface area contributed by atoms with Gasteiger partial charge >= 0.3 is 5.97 Å². The third-order valence-corrected chi connectivity index (χ3v) is 3.54. The van der Waals surface area contributed by atoms with Gasteiger partial charge in [-0.05, 0) is 31.0 Å². The number of carboxylic acids is 1. The van der Waals surface area contributed by atoms with Gasteiger partial charge in [-0.25, -0.2) is 4.79 Å². The summed E-state index contributed by atoms with van der Waals surface area (Å²) in [5, 5.41) is 14.3. The van der Waals surface area contributed by atoms with Crippen molar-refractivity contribution in [2.24, 2.45) is 11.1 Å². The van der Waals surface area contributed by atoms with Crippen molar-refractivity contribution in [1.82, 2.24) is 0 Å². The molecule has 1 aromatic carbocycles. The molecule has 1 saturated carbocycles. The lowest BCUT2D eigenvalue weighted by atomic mass is 10.1. The van der Waals surface area contributed by atoms with Gasteiger partial charge in [0.25, 0.3) is 0 Å². The summed E-state index contributed by atoms with van der Waals surface area (Å²) < 4.78 is 0. The van der Waals surface area contributed by atoms with Crippen LogP contribution in [0.5, 0.6) is 0 Å². The first-order chi connectivity index (χ1) is 9.88. The summed E-state index contributed by atoms with van der Waals surface area (Å²) in [5.74, 6) is -1.75. The van der Waals surface area contributed by atoms with Crippen LogP contribution in [-0.4, -0.2) is 29.4 Å². The molecule has 0 aromatic heterocycles. The summed E-state index contributed by atoms with van der Waals surface area (Å²) in [5.41, 5.74) is 5.49. The van der Waals surface area contributed by atoms with Crippen LogP contribution in [0.2, 0.25) is 0 Å². The molecular formula is C14H17N3O4. The highest BCUT2D eigenvalue weighted by Crippen LogP contribution is 2.45. The van der Waals surface area contributed by atoms with Crippen molar-refractivity contribution >= 4 is 29.2 Å². The zero-order valence-corrected chi connectivity index (χ0v) is 11.6. The van der Waals surface area contributed by atoms with E-state index in [4.69, 9.17) is 5.73 Å². The Labute approximate surface area is 121 Å². The maximum absolute atomic E-state index is 12.1. The van der Waals surface area contributed by atoms with Crippen LogP contribution in [-0.2, 0) is 9.59 Å². The van der Waals surface area contributed by atoms with E-state index in [0.717, 1.165) is 0 Å². The number of aromatic carboxylic acids is 1. The third kappa shape index (κ3) is 3.19. The second-order valence-corrected chi connectivity index (χ2v) is 5.19. The van der Waals surface area contributed by atoms with Crippen LogP contribution >= 0.6 is 0 Å². The molecule has 7 nitrogen and oxygen atoms in total. The van der Waals surface area contributed by atoms with Crippen molar-refractivity contribution in [3.8, 4) is 0 Å². The molecule has 7 heteroatoms. The van der Waals surface area contributed by atoms with E-state index in [1.54, 1.807) is 0 Å². The van der Waals surface area contributed by atoms with E-state index in [1.807, 2.05) is 0 Å². The van der Waals surface area contributed by atoms with E-state index in [9.17, 15) is 19.5 Å². The van der Waals surface area contributed by atoms with Crippen LogP contribution < -0.4 is 16.4 Å². The third-order valence-electron chi connectivity index (χ3n) is 3.54. The molecule has 1 aliphatic rings. The number of nitrogens with two attached hydrogens (primary N) is 1. The van der Waals surface area contributed by atoms with Crippen molar-refractivity contribution in [2.75, 3.05) is 17.2 Å². The Morgan fingerprint density at radius 2 is 1.95 bits per heavy atom. The fourth-order valence-electron chi connectivity index (χ4n) is 2.04. The number of carboxylic acid groups (broad SMARTS) is 1. The second kappa shape index (κ2) is 5.53. The van der Waals surface area contributed by atoms with Crippen LogP contribution in [0.1, 0.15) is 30.1 Å². The molecule has 1 aromatic rings. The Hall–Kier alpha value is -2.41. The van der Waals surface area contributed by atoms with Crippen molar-refractivity contribution < 1.29 is 19.5 Å². The van der Waals surface area contributed by atoms with Crippen LogP contribution in [0.4, 0.5) is 11.4 Å². The molecule has 112 valence electrons. The van der Waals surface area contributed by atoms with Gasteiger partial charge in [-0.3, -0.25) is 9.59 Å². The zero-order chi connectivity index (χ0) is 15.6. The Morgan fingerprint density at radius 3 is 2.43 bits per heavy atom. The average Bonchev–Trinajstić information content (AvgIpc) is 3.20. The molecule has 0 unspecified atom stereocenters.